The van der Waals surface area contributed by atoms with E-state index in [0.717, 1.165) is 38.9 Å². The molecule has 1 aliphatic carbocycles. The number of carbonyl (C=O) groups is 1. The molecule has 98 valence electrons. The smallest absolute Gasteiger partial charge is 0.239 e. The molecule has 2 aliphatic rings. The molecule has 2 rings (SSSR count). The van der Waals surface area contributed by atoms with E-state index in [1.54, 1.807) is 0 Å². The molecule has 1 saturated carbocycles. The summed E-state index contributed by atoms with van der Waals surface area (Å²) in [6.07, 6.45) is 7.15. The molecular weight excluding hydrogens is 212 g/mol. The van der Waals surface area contributed by atoms with Crippen LogP contribution in [0.1, 0.15) is 52.4 Å². The van der Waals surface area contributed by atoms with Gasteiger partial charge in [-0.25, -0.2) is 0 Å². The first-order valence-corrected chi connectivity index (χ1v) is 7.23. The summed E-state index contributed by atoms with van der Waals surface area (Å²) >= 11 is 0. The van der Waals surface area contributed by atoms with E-state index < -0.39 is 0 Å². The summed E-state index contributed by atoms with van der Waals surface area (Å²) < 4.78 is 0. The van der Waals surface area contributed by atoms with Crippen molar-refractivity contribution in [2.45, 2.75) is 58.4 Å². The minimum atomic E-state index is 0.0938. The van der Waals surface area contributed by atoms with Gasteiger partial charge in [0.05, 0.1) is 6.04 Å². The topological polar surface area (TPSA) is 32.3 Å². The molecule has 1 saturated heterocycles. The summed E-state index contributed by atoms with van der Waals surface area (Å²) in [5.41, 5.74) is 0.488. The van der Waals surface area contributed by atoms with Crippen LogP contribution in [0.3, 0.4) is 0 Å². The van der Waals surface area contributed by atoms with E-state index in [1.165, 1.54) is 19.3 Å². The minimum Gasteiger partial charge on any atom is -0.341 e. The van der Waals surface area contributed by atoms with Crippen LogP contribution >= 0.6 is 0 Å². The summed E-state index contributed by atoms with van der Waals surface area (Å²) in [6.45, 7) is 7.35. The molecule has 17 heavy (non-hydrogen) atoms. The zero-order chi connectivity index (χ0) is 12.3. The first-order valence-electron chi connectivity index (χ1n) is 7.23. The molecule has 0 spiro atoms. The van der Waals surface area contributed by atoms with Gasteiger partial charge in [-0.1, -0.05) is 13.8 Å². The first kappa shape index (κ1) is 12.9. The first-order chi connectivity index (χ1) is 8.21. The number of likely N-dealkylation sites (tertiary alicyclic amines) is 1. The molecule has 1 aliphatic heterocycles. The number of hydrogen-bond acceptors (Lipinski definition) is 2. The molecule has 0 bridgehead atoms. The van der Waals surface area contributed by atoms with Crippen molar-refractivity contribution in [1.82, 2.24) is 10.2 Å². The van der Waals surface area contributed by atoms with Crippen LogP contribution in [0.2, 0.25) is 0 Å². The van der Waals surface area contributed by atoms with E-state index in [1.807, 2.05) is 0 Å². The molecule has 2 fully saturated rings. The maximum Gasteiger partial charge on any atom is 0.239 e. The molecule has 3 heteroatoms. The zero-order valence-corrected chi connectivity index (χ0v) is 11.3. The molecule has 0 aromatic rings. The van der Waals surface area contributed by atoms with Crippen LogP contribution in [0, 0.1) is 5.41 Å². The lowest BCUT2D eigenvalue weighted by atomic mass is 9.99. The molecule has 1 atom stereocenters. The predicted molar refractivity (Wildman–Crippen MR) is 69.9 cm³/mol. The van der Waals surface area contributed by atoms with E-state index in [-0.39, 0.29) is 6.04 Å². The Bertz CT molecular complexity index is 273. The van der Waals surface area contributed by atoms with Gasteiger partial charge in [-0.05, 0) is 50.5 Å². The molecular formula is C14H26N2O. The van der Waals surface area contributed by atoms with Crippen LogP contribution in [-0.2, 0) is 4.79 Å². The second-order valence-electron chi connectivity index (χ2n) is 5.76. The highest BCUT2D eigenvalue weighted by molar-refractivity contribution is 5.82. The number of hydrogen-bond donors (Lipinski definition) is 1. The average molecular weight is 238 g/mol. The lowest BCUT2D eigenvalue weighted by Gasteiger charge is -2.35. The third-order valence-electron chi connectivity index (χ3n) is 4.40. The second-order valence-corrected chi connectivity index (χ2v) is 5.76. The molecule has 0 aromatic carbocycles. The van der Waals surface area contributed by atoms with Crippen LogP contribution in [0.15, 0.2) is 0 Å². The van der Waals surface area contributed by atoms with Crippen molar-refractivity contribution in [1.29, 1.82) is 0 Å². The van der Waals surface area contributed by atoms with Crippen molar-refractivity contribution < 1.29 is 4.79 Å². The number of piperidine rings is 1. The van der Waals surface area contributed by atoms with Gasteiger partial charge in [-0.3, -0.25) is 4.79 Å². The molecule has 3 nitrogen and oxygen atoms in total. The highest BCUT2D eigenvalue weighted by atomic mass is 16.2. The van der Waals surface area contributed by atoms with E-state index in [4.69, 9.17) is 0 Å². The Hall–Kier alpha value is -0.570. The molecule has 1 amide bonds. The highest BCUT2D eigenvalue weighted by Crippen LogP contribution is 2.49. The lowest BCUT2D eigenvalue weighted by Crippen LogP contribution is -2.52. The van der Waals surface area contributed by atoms with Crippen LogP contribution in [0.25, 0.3) is 0 Å². The summed E-state index contributed by atoms with van der Waals surface area (Å²) in [5.74, 6) is 0.351. The fourth-order valence-electron chi connectivity index (χ4n) is 2.81. The Morgan fingerprint density at radius 2 is 2.18 bits per heavy atom. The van der Waals surface area contributed by atoms with Crippen molar-refractivity contribution in [2.24, 2.45) is 5.41 Å². The molecule has 1 N–H and O–H groups in total. The number of rotatable bonds is 6. The highest BCUT2D eigenvalue weighted by Gasteiger charge is 2.44. The number of nitrogens with zero attached hydrogens (tertiary/aromatic N) is 1. The van der Waals surface area contributed by atoms with Crippen LogP contribution < -0.4 is 5.32 Å². The van der Waals surface area contributed by atoms with Crippen LogP contribution in [0.5, 0.6) is 0 Å². The second kappa shape index (κ2) is 5.38. The van der Waals surface area contributed by atoms with E-state index in [9.17, 15) is 4.79 Å². The van der Waals surface area contributed by atoms with Crippen molar-refractivity contribution in [3.63, 3.8) is 0 Å². The third-order valence-corrected chi connectivity index (χ3v) is 4.40. The Kier molecular flexibility index (Phi) is 4.08. The summed E-state index contributed by atoms with van der Waals surface area (Å²) in [4.78, 5) is 14.4. The quantitative estimate of drug-likeness (QED) is 0.769. The molecule has 1 unspecified atom stereocenters. The summed E-state index contributed by atoms with van der Waals surface area (Å²) in [5, 5.41) is 3.38. The van der Waals surface area contributed by atoms with Crippen molar-refractivity contribution in [3.05, 3.63) is 0 Å². The largest absolute Gasteiger partial charge is 0.341 e. The van der Waals surface area contributed by atoms with Crippen LogP contribution in [0.4, 0.5) is 0 Å². The number of amides is 1. The monoisotopic (exact) mass is 238 g/mol. The van der Waals surface area contributed by atoms with E-state index in [2.05, 4.69) is 24.1 Å². The summed E-state index contributed by atoms with van der Waals surface area (Å²) in [7, 11) is 0. The summed E-state index contributed by atoms with van der Waals surface area (Å²) in [6, 6.07) is 0.0938. The van der Waals surface area contributed by atoms with Gasteiger partial charge in [-0.15, -0.1) is 0 Å². The van der Waals surface area contributed by atoms with Gasteiger partial charge in [0.25, 0.3) is 0 Å². The van der Waals surface area contributed by atoms with Crippen LogP contribution in [-0.4, -0.2) is 36.5 Å². The maximum atomic E-state index is 12.3. The van der Waals surface area contributed by atoms with Gasteiger partial charge in [0, 0.05) is 13.1 Å². The Balaban J connectivity index is 1.87. The average Bonchev–Trinajstić information content (AvgIpc) is 3.11. The van der Waals surface area contributed by atoms with Gasteiger partial charge in [0.15, 0.2) is 0 Å². The fourth-order valence-corrected chi connectivity index (χ4v) is 2.81. The molecule has 0 radical (unpaired) electrons. The predicted octanol–water partition coefficient (Wildman–Crippen LogP) is 2.17. The SMILES string of the molecule is CCCNC1CCCN(CC2(CC)CC2)C1=O. The van der Waals surface area contributed by atoms with Crippen molar-refractivity contribution in [3.8, 4) is 0 Å². The number of carbonyl (C=O) groups excluding carboxylic acids is 1. The number of nitrogens with one attached hydrogen (secondary N) is 1. The lowest BCUT2D eigenvalue weighted by molar-refractivity contribution is -0.136. The zero-order valence-electron chi connectivity index (χ0n) is 11.3. The van der Waals surface area contributed by atoms with Gasteiger partial charge in [0.2, 0.25) is 5.91 Å². The Morgan fingerprint density at radius 3 is 2.76 bits per heavy atom. The standard InChI is InChI=1S/C14H26N2O/c1-3-9-15-12-6-5-10-16(13(12)17)11-14(4-2)7-8-14/h12,15H,3-11H2,1-2H3. The maximum absolute atomic E-state index is 12.3. The van der Waals surface area contributed by atoms with Gasteiger partial charge in [-0.2, -0.15) is 0 Å². The van der Waals surface area contributed by atoms with Gasteiger partial charge in [0.1, 0.15) is 0 Å². The van der Waals surface area contributed by atoms with Crippen molar-refractivity contribution >= 4 is 5.91 Å². The van der Waals surface area contributed by atoms with Gasteiger partial charge >= 0.3 is 0 Å². The molecule has 1 heterocycles. The van der Waals surface area contributed by atoms with E-state index >= 15 is 0 Å². The minimum absolute atomic E-state index is 0.0938. The van der Waals surface area contributed by atoms with Gasteiger partial charge < -0.3 is 10.2 Å². The normalized spacial score (nSPS) is 27.3. The Labute approximate surface area is 105 Å². The Morgan fingerprint density at radius 1 is 1.41 bits per heavy atom. The fraction of sp³-hybridized carbons (Fsp3) is 0.929. The van der Waals surface area contributed by atoms with E-state index in [0.29, 0.717) is 11.3 Å². The third kappa shape index (κ3) is 3.01. The van der Waals surface area contributed by atoms with Crippen molar-refractivity contribution in [2.75, 3.05) is 19.6 Å². The molecule has 0 aromatic heterocycles.